The molecule has 2 aromatic heterocycles. The molecule has 116 valence electrons. The predicted molar refractivity (Wildman–Crippen MR) is 85.6 cm³/mol. The summed E-state index contributed by atoms with van der Waals surface area (Å²) in [6, 6.07) is 3.60. The van der Waals surface area contributed by atoms with Crippen LogP contribution in [0.15, 0.2) is 28.7 Å². The van der Waals surface area contributed by atoms with Crippen molar-refractivity contribution in [1.29, 1.82) is 0 Å². The van der Waals surface area contributed by atoms with Crippen molar-refractivity contribution in [3.8, 4) is 0 Å². The molecule has 2 heterocycles. The Kier molecular flexibility index (Phi) is 4.36. The molecular weight excluding hydrogens is 280 g/mol. The van der Waals surface area contributed by atoms with E-state index in [0.717, 1.165) is 42.5 Å². The third-order valence-electron chi connectivity index (χ3n) is 4.12. The van der Waals surface area contributed by atoms with Crippen LogP contribution < -0.4 is 5.56 Å². The number of nitrogens with zero attached hydrogens (tertiary/aromatic N) is 2. The summed E-state index contributed by atoms with van der Waals surface area (Å²) in [5.41, 5.74) is 4.03. The van der Waals surface area contributed by atoms with Crippen LogP contribution in [-0.2, 0) is 17.9 Å². The maximum atomic E-state index is 12.6. The van der Waals surface area contributed by atoms with E-state index in [1.807, 2.05) is 6.07 Å². The minimum atomic E-state index is -0.0455. The monoisotopic (exact) mass is 300 g/mol. The molecule has 0 atom stereocenters. The van der Waals surface area contributed by atoms with Crippen molar-refractivity contribution in [2.75, 3.05) is 13.7 Å². The van der Waals surface area contributed by atoms with E-state index in [1.165, 1.54) is 5.57 Å². The number of rotatable bonds is 5. The van der Waals surface area contributed by atoms with Gasteiger partial charge in [-0.1, -0.05) is 11.6 Å². The summed E-state index contributed by atoms with van der Waals surface area (Å²) < 4.78 is 6.91. The molecule has 5 nitrogen and oxygen atoms in total. The lowest BCUT2D eigenvalue weighted by atomic mass is 9.91. The highest BCUT2D eigenvalue weighted by atomic mass is 16.5. The van der Waals surface area contributed by atoms with Crippen LogP contribution in [0.4, 0.5) is 0 Å². The Morgan fingerprint density at radius 3 is 3.05 bits per heavy atom. The van der Waals surface area contributed by atoms with Gasteiger partial charge in [0.2, 0.25) is 0 Å². The summed E-state index contributed by atoms with van der Waals surface area (Å²) in [5.74, 6) is 0. The molecule has 2 aromatic rings. The number of ether oxygens (including phenoxy) is 1. The first-order valence-electron chi connectivity index (χ1n) is 7.56. The highest BCUT2D eigenvalue weighted by molar-refractivity contribution is 5.88. The number of fused-ring (bicyclic) bond motifs is 3. The average molecular weight is 300 g/mol. The van der Waals surface area contributed by atoms with Crippen LogP contribution in [-0.4, -0.2) is 28.4 Å². The Bertz CT molecular complexity index is 777. The Morgan fingerprint density at radius 1 is 1.41 bits per heavy atom. The molecule has 1 aliphatic carbocycles. The number of allylic oxidation sites excluding steroid dienone is 1. The van der Waals surface area contributed by atoms with E-state index in [2.05, 4.69) is 11.1 Å². The summed E-state index contributed by atoms with van der Waals surface area (Å²) in [6.07, 6.45) is 7.22. The highest BCUT2D eigenvalue weighted by Crippen LogP contribution is 2.29. The first-order valence-corrected chi connectivity index (χ1v) is 7.56. The number of hydrogen-bond acceptors (Lipinski definition) is 4. The smallest absolute Gasteiger partial charge is 0.262 e. The van der Waals surface area contributed by atoms with Gasteiger partial charge in [-0.15, -0.1) is 0 Å². The topological polar surface area (TPSA) is 64.4 Å². The second-order valence-corrected chi connectivity index (χ2v) is 5.54. The summed E-state index contributed by atoms with van der Waals surface area (Å²) in [7, 11) is 1.59. The quantitative estimate of drug-likeness (QED) is 0.918. The van der Waals surface area contributed by atoms with Gasteiger partial charge >= 0.3 is 0 Å². The summed E-state index contributed by atoms with van der Waals surface area (Å²) >= 11 is 0. The number of aliphatic hydroxyl groups excluding tert-OH is 1. The summed E-state index contributed by atoms with van der Waals surface area (Å²) in [4.78, 5) is 17.1. The third-order valence-corrected chi connectivity index (χ3v) is 4.12. The lowest BCUT2D eigenvalue weighted by Gasteiger charge is -2.22. The van der Waals surface area contributed by atoms with Crippen LogP contribution in [0, 0.1) is 0 Å². The van der Waals surface area contributed by atoms with Crippen molar-refractivity contribution < 1.29 is 9.84 Å². The predicted octanol–water partition coefficient (Wildman–Crippen LogP) is 2.10. The normalized spacial score (nSPS) is 14.0. The van der Waals surface area contributed by atoms with Gasteiger partial charge in [0, 0.05) is 31.2 Å². The maximum Gasteiger partial charge on any atom is 0.262 e. The second-order valence-electron chi connectivity index (χ2n) is 5.54. The van der Waals surface area contributed by atoms with Crippen molar-refractivity contribution >= 4 is 17.0 Å². The van der Waals surface area contributed by atoms with Crippen molar-refractivity contribution in [2.45, 2.75) is 32.4 Å². The Hall–Kier alpha value is -1.98. The van der Waals surface area contributed by atoms with Crippen molar-refractivity contribution in [3.63, 3.8) is 0 Å². The first-order chi connectivity index (χ1) is 10.8. The van der Waals surface area contributed by atoms with Crippen LogP contribution in [0.25, 0.3) is 17.0 Å². The molecule has 3 rings (SSSR count). The van der Waals surface area contributed by atoms with Gasteiger partial charge in [0.25, 0.3) is 5.56 Å². The Morgan fingerprint density at radius 2 is 2.27 bits per heavy atom. The zero-order valence-corrected chi connectivity index (χ0v) is 12.7. The number of methoxy groups -OCH3 is 1. The van der Waals surface area contributed by atoms with E-state index < -0.39 is 0 Å². The largest absolute Gasteiger partial charge is 0.396 e. The molecule has 0 unspecified atom stereocenters. The van der Waals surface area contributed by atoms with E-state index in [4.69, 9.17) is 9.84 Å². The van der Waals surface area contributed by atoms with Gasteiger partial charge in [-0.2, -0.15) is 0 Å². The third kappa shape index (κ3) is 2.58. The molecule has 5 heteroatoms. The maximum absolute atomic E-state index is 12.6. The molecule has 1 aliphatic rings. The van der Waals surface area contributed by atoms with Gasteiger partial charge in [0.15, 0.2) is 0 Å². The van der Waals surface area contributed by atoms with Gasteiger partial charge in [0.1, 0.15) is 6.73 Å². The van der Waals surface area contributed by atoms with Crippen molar-refractivity contribution in [1.82, 2.24) is 9.55 Å². The van der Waals surface area contributed by atoms with Gasteiger partial charge in [-0.25, -0.2) is 0 Å². The molecule has 0 aromatic carbocycles. The minimum absolute atomic E-state index is 0.0455. The van der Waals surface area contributed by atoms with Gasteiger partial charge in [-0.3, -0.25) is 14.3 Å². The second kappa shape index (κ2) is 6.42. The number of pyridine rings is 2. The lowest BCUT2D eigenvalue weighted by molar-refractivity contribution is 0.126. The standard InChI is InChI=1S/C17H20N2O3/c1-22-11-19-15-7-6-12(4-3-9-20)10-14(15)16-13(17(19)21)5-2-8-18-16/h2,5,8,10,20H,3-4,6-7,9,11H2,1H3. The van der Waals surface area contributed by atoms with E-state index in [9.17, 15) is 4.79 Å². The molecular formula is C17H20N2O3. The van der Waals surface area contributed by atoms with Crippen molar-refractivity contribution in [2.24, 2.45) is 0 Å². The van der Waals surface area contributed by atoms with E-state index >= 15 is 0 Å². The number of aliphatic hydroxyl groups is 1. The number of hydrogen-bond donors (Lipinski definition) is 1. The first kappa shape index (κ1) is 14.9. The van der Waals surface area contributed by atoms with Crippen LogP contribution in [0.3, 0.4) is 0 Å². The fourth-order valence-electron chi connectivity index (χ4n) is 3.09. The van der Waals surface area contributed by atoms with Gasteiger partial charge < -0.3 is 9.84 Å². The lowest BCUT2D eigenvalue weighted by Crippen LogP contribution is -2.27. The van der Waals surface area contributed by atoms with E-state index in [1.54, 1.807) is 23.9 Å². The molecule has 0 amide bonds. The molecule has 0 spiro atoms. The average Bonchev–Trinajstić information content (AvgIpc) is 2.56. The zero-order chi connectivity index (χ0) is 15.5. The molecule has 0 aliphatic heterocycles. The van der Waals surface area contributed by atoms with Crippen LogP contribution >= 0.6 is 0 Å². The highest BCUT2D eigenvalue weighted by Gasteiger charge is 2.20. The molecule has 0 bridgehead atoms. The van der Waals surface area contributed by atoms with Crippen molar-refractivity contribution in [3.05, 3.63) is 45.5 Å². The molecule has 22 heavy (non-hydrogen) atoms. The Balaban J connectivity index is 2.22. The molecule has 0 fully saturated rings. The fourth-order valence-corrected chi connectivity index (χ4v) is 3.09. The zero-order valence-electron chi connectivity index (χ0n) is 12.7. The van der Waals surface area contributed by atoms with E-state index in [-0.39, 0.29) is 18.9 Å². The van der Waals surface area contributed by atoms with Crippen LogP contribution in [0.5, 0.6) is 0 Å². The minimum Gasteiger partial charge on any atom is -0.396 e. The molecule has 1 N–H and O–H groups in total. The Labute approximate surface area is 128 Å². The van der Waals surface area contributed by atoms with Crippen LogP contribution in [0.1, 0.15) is 30.5 Å². The van der Waals surface area contributed by atoms with Crippen LogP contribution in [0.2, 0.25) is 0 Å². The SMILES string of the molecule is COCn1c2c(c3ncccc3c1=O)C=C(CCCO)CC2. The van der Waals surface area contributed by atoms with Gasteiger partial charge in [0.05, 0.1) is 10.9 Å². The molecule has 0 saturated heterocycles. The van der Waals surface area contributed by atoms with E-state index in [0.29, 0.717) is 5.39 Å². The summed E-state index contributed by atoms with van der Waals surface area (Å²) in [5, 5.41) is 9.64. The molecule has 0 saturated carbocycles. The molecule has 0 radical (unpaired) electrons. The summed E-state index contributed by atoms with van der Waals surface area (Å²) in [6.45, 7) is 0.457. The number of aromatic nitrogens is 2. The van der Waals surface area contributed by atoms with Gasteiger partial charge in [-0.05, 0) is 37.8 Å². The fraction of sp³-hybridized carbons (Fsp3) is 0.412.